The number of hydrogen-bond acceptors (Lipinski definition) is 6. The van der Waals surface area contributed by atoms with Crippen molar-refractivity contribution < 1.29 is 28.8 Å². The van der Waals surface area contributed by atoms with E-state index in [2.05, 4.69) is 12.1 Å². The highest BCUT2D eigenvalue weighted by Crippen LogP contribution is 2.35. The van der Waals surface area contributed by atoms with Crippen LogP contribution in [0.1, 0.15) is 22.3 Å². The van der Waals surface area contributed by atoms with E-state index < -0.39 is 0 Å². The molecule has 0 saturated carbocycles. The SMILES string of the molecule is COc1cccc(CCc2ccc(OC)c(Oc3cc(O)cc(CCc4ccc(OC)c(OC)c4)c3)c2)c1. The summed E-state index contributed by atoms with van der Waals surface area (Å²) >= 11 is 0. The fourth-order valence-electron chi connectivity index (χ4n) is 4.37. The highest BCUT2D eigenvalue weighted by molar-refractivity contribution is 5.48. The molecule has 38 heavy (non-hydrogen) atoms. The van der Waals surface area contributed by atoms with Crippen molar-refractivity contribution in [2.45, 2.75) is 25.7 Å². The summed E-state index contributed by atoms with van der Waals surface area (Å²) in [5, 5.41) is 10.4. The van der Waals surface area contributed by atoms with Gasteiger partial charge < -0.3 is 28.8 Å². The number of rotatable bonds is 12. The molecule has 0 aliphatic rings. The van der Waals surface area contributed by atoms with Gasteiger partial charge in [-0.3, -0.25) is 0 Å². The topological polar surface area (TPSA) is 66.4 Å². The van der Waals surface area contributed by atoms with Gasteiger partial charge in [0.15, 0.2) is 23.0 Å². The molecule has 1 N–H and O–H groups in total. The number of aromatic hydroxyl groups is 1. The molecule has 4 aromatic rings. The average molecular weight is 515 g/mol. The van der Waals surface area contributed by atoms with Gasteiger partial charge in [0.2, 0.25) is 0 Å². The highest BCUT2D eigenvalue weighted by Gasteiger charge is 2.11. The molecule has 4 aromatic carbocycles. The lowest BCUT2D eigenvalue weighted by Gasteiger charge is -2.14. The first-order valence-electron chi connectivity index (χ1n) is 12.5. The van der Waals surface area contributed by atoms with Gasteiger partial charge in [-0.25, -0.2) is 0 Å². The van der Waals surface area contributed by atoms with Gasteiger partial charge in [0.05, 0.1) is 28.4 Å². The Balaban J connectivity index is 1.47. The quantitative estimate of drug-likeness (QED) is 0.225. The largest absolute Gasteiger partial charge is 0.508 e. The van der Waals surface area contributed by atoms with Crippen LogP contribution in [-0.2, 0) is 25.7 Å². The van der Waals surface area contributed by atoms with Crippen molar-refractivity contribution >= 4 is 0 Å². The van der Waals surface area contributed by atoms with Crippen LogP contribution < -0.4 is 23.7 Å². The molecule has 6 heteroatoms. The van der Waals surface area contributed by atoms with E-state index in [1.165, 1.54) is 5.56 Å². The van der Waals surface area contributed by atoms with E-state index in [0.717, 1.165) is 48.1 Å². The Hall–Kier alpha value is -4.32. The Kier molecular flexibility index (Phi) is 8.98. The van der Waals surface area contributed by atoms with Crippen LogP contribution in [0.5, 0.6) is 40.2 Å². The van der Waals surface area contributed by atoms with E-state index in [4.69, 9.17) is 23.7 Å². The smallest absolute Gasteiger partial charge is 0.169 e. The van der Waals surface area contributed by atoms with Crippen LogP contribution in [0, 0.1) is 0 Å². The molecule has 0 aliphatic heterocycles. The minimum absolute atomic E-state index is 0.151. The maximum atomic E-state index is 10.4. The Morgan fingerprint density at radius 2 is 1.03 bits per heavy atom. The fourth-order valence-corrected chi connectivity index (χ4v) is 4.37. The van der Waals surface area contributed by atoms with Gasteiger partial charge >= 0.3 is 0 Å². The number of methoxy groups -OCH3 is 4. The van der Waals surface area contributed by atoms with E-state index in [1.807, 2.05) is 54.6 Å². The first-order chi connectivity index (χ1) is 18.5. The monoisotopic (exact) mass is 514 g/mol. The summed E-state index contributed by atoms with van der Waals surface area (Å²) < 4.78 is 27.9. The van der Waals surface area contributed by atoms with E-state index in [0.29, 0.717) is 28.7 Å². The number of ether oxygens (including phenoxy) is 5. The van der Waals surface area contributed by atoms with E-state index >= 15 is 0 Å². The second kappa shape index (κ2) is 12.8. The summed E-state index contributed by atoms with van der Waals surface area (Å²) in [7, 11) is 6.55. The third-order valence-electron chi connectivity index (χ3n) is 6.39. The molecule has 0 fully saturated rings. The summed E-state index contributed by atoms with van der Waals surface area (Å²) in [6.07, 6.45) is 3.20. The van der Waals surface area contributed by atoms with Crippen LogP contribution in [0.25, 0.3) is 0 Å². The lowest BCUT2D eigenvalue weighted by molar-refractivity contribution is 0.354. The van der Waals surface area contributed by atoms with Gasteiger partial charge in [0.1, 0.15) is 17.2 Å². The Morgan fingerprint density at radius 1 is 0.474 bits per heavy atom. The number of hydrogen-bond donors (Lipinski definition) is 1. The molecule has 6 nitrogen and oxygen atoms in total. The highest BCUT2D eigenvalue weighted by atomic mass is 16.5. The number of phenols is 1. The maximum absolute atomic E-state index is 10.4. The molecule has 0 bridgehead atoms. The standard InChI is InChI=1S/C32H34O6/c1-34-27-7-5-6-22(17-27)8-9-24-13-15-30(36-3)32(20-24)38-28-18-25(16-26(33)21-28)11-10-23-12-14-29(35-2)31(19-23)37-4/h5-7,12-21,33H,8-11H2,1-4H3. The summed E-state index contributed by atoms with van der Waals surface area (Å²) in [5.74, 6) is 4.19. The molecule has 0 heterocycles. The first kappa shape index (κ1) is 26.7. The van der Waals surface area contributed by atoms with Gasteiger partial charge in [-0.05, 0) is 96.5 Å². The van der Waals surface area contributed by atoms with Crippen molar-refractivity contribution in [2.24, 2.45) is 0 Å². The Labute approximate surface area is 224 Å². The molecule has 4 rings (SSSR count). The number of aryl methyl sites for hydroxylation is 4. The second-order valence-corrected chi connectivity index (χ2v) is 8.96. The molecule has 0 aliphatic carbocycles. The Morgan fingerprint density at radius 3 is 1.66 bits per heavy atom. The third kappa shape index (κ3) is 6.91. The summed E-state index contributed by atoms with van der Waals surface area (Å²) in [6.45, 7) is 0. The molecular weight excluding hydrogens is 480 g/mol. The molecule has 0 saturated heterocycles. The van der Waals surface area contributed by atoms with E-state index in [9.17, 15) is 5.11 Å². The van der Waals surface area contributed by atoms with Crippen molar-refractivity contribution in [1.82, 2.24) is 0 Å². The molecule has 0 amide bonds. The molecule has 0 radical (unpaired) electrons. The molecule has 0 atom stereocenters. The van der Waals surface area contributed by atoms with Crippen LogP contribution in [0.3, 0.4) is 0 Å². The molecule has 0 unspecified atom stereocenters. The van der Waals surface area contributed by atoms with Crippen molar-refractivity contribution in [3.05, 3.63) is 101 Å². The molecule has 0 aromatic heterocycles. The zero-order chi connectivity index (χ0) is 26.9. The predicted octanol–water partition coefficient (Wildman–Crippen LogP) is 6.79. The molecule has 0 spiro atoms. The first-order valence-corrected chi connectivity index (χ1v) is 12.5. The summed E-state index contributed by atoms with van der Waals surface area (Å²) in [5.41, 5.74) is 4.40. The minimum Gasteiger partial charge on any atom is -0.508 e. The lowest BCUT2D eigenvalue weighted by atomic mass is 10.0. The second-order valence-electron chi connectivity index (χ2n) is 8.96. The van der Waals surface area contributed by atoms with E-state index in [-0.39, 0.29) is 5.75 Å². The maximum Gasteiger partial charge on any atom is 0.169 e. The van der Waals surface area contributed by atoms with Crippen molar-refractivity contribution in [1.29, 1.82) is 0 Å². The van der Waals surface area contributed by atoms with Gasteiger partial charge in [-0.1, -0.05) is 24.3 Å². The zero-order valence-electron chi connectivity index (χ0n) is 22.3. The van der Waals surface area contributed by atoms with E-state index in [1.54, 1.807) is 40.6 Å². The van der Waals surface area contributed by atoms with Gasteiger partial charge in [-0.15, -0.1) is 0 Å². The van der Waals surface area contributed by atoms with Crippen LogP contribution in [0.15, 0.2) is 78.9 Å². The van der Waals surface area contributed by atoms with Crippen molar-refractivity contribution in [3.8, 4) is 40.2 Å². The van der Waals surface area contributed by atoms with Crippen molar-refractivity contribution in [2.75, 3.05) is 28.4 Å². The minimum atomic E-state index is 0.151. The summed E-state index contributed by atoms with van der Waals surface area (Å²) in [6, 6.07) is 25.3. The lowest BCUT2D eigenvalue weighted by Crippen LogP contribution is -1.97. The molecule has 198 valence electrons. The fraction of sp³-hybridized carbons (Fsp3) is 0.250. The number of benzene rings is 4. The van der Waals surface area contributed by atoms with Crippen LogP contribution >= 0.6 is 0 Å². The zero-order valence-corrected chi connectivity index (χ0v) is 22.3. The average Bonchev–Trinajstić information content (AvgIpc) is 2.94. The Bertz CT molecular complexity index is 1360. The summed E-state index contributed by atoms with van der Waals surface area (Å²) in [4.78, 5) is 0. The van der Waals surface area contributed by atoms with Crippen LogP contribution in [0.4, 0.5) is 0 Å². The third-order valence-corrected chi connectivity index (χ3v) is 6.39. The number of phenolic OH excluding ortho intramolecular Hbond substituents is 1. The van der Waals surface area contributed by atoms with Gasteiger partial charge in [0.25, 0.3) is 0 Å². The van der Waals surface area contributed by atoms with Crippen LogP contribution in [0.2, 0.25) is 0 Å². The van der Waals surface area contributed by atoms with Gasteiger partial charge in [0, 0.05) is 6.07 Å². The molecular formula is C32H34O6. The van der Waals surface area contributed by atoms with Crippen LogP contribution in [-0.4, -0.2) is 33.5 Å². The normalized spacial score (nSPS) is 10.6. The predicted molar refractivity (Wildman–Crippen MR) is 149 cm³/mol. The van der Waals surface area contributed by atoms with Gasteiger partial charge in [-0.2, -0.15) is 0 Å². The van der Waals surface area contributed by atoms with Crippen molar-refractivity contribution in [3.63, 3.8) is 0 Å².